The summed E-state index contributed by atoms with van der Waals surface area (Å²) < 4.78 is 5.81. The lowest BCUT2D eigenvalue weighted by Gasteiger charge is -1.98. The highest BCUT2D eigenvalue weighted by molar-refractivity contribution is 7.22. The number of amides is 1. The van der Waals surface area contributed by atoms with Gasteiger partial charge in [-0.05, 0) is 18.2 Å². The summed E-state index contributed by atoms with van der Waals surface area (Å²) in [4.78, 5) is 26.3. The topological polar surface area (TPSA) is 122 Å². The number of aromatic nitrogens is 1. The maximum Gasteiger partial charge on any atom is 0.433 e. The average Bonchev–Trinajstić information content (AvgIpc) is 3.18. The third-order valence-corrected chi connectivity index (χ3v) is 3.91. The van der Waals surface area contributed by atoms with E-state index in [9.17, 15) is 14.9 Å². The smallest absolute Gasteiger partial charge is 0.401 e. The Hall–Kier alpha value is -3.51. The van der Waals surface area contributed by atoms with E-state index in [0.717, 1.165) is 22.4 Å². The summed E-state index contributed by atoms with van der Waals surface area (Å²) in [7, 11) is 0. The molecule has 0 bridgehead atoms. The molecule has 1 aromatic carbocycles. The van der Waals surface area contributed by atoms with Crippen LogP contribution in [0.2, 0.25) is 0 Å². The second-order valence-electron chi connectivity index (χ2n) is 4.54. The van der Waals surface area contributed by atoms with Crippen LogP contribution in [-0.4, -0.2) is 15.8 Å². The number of para-hydroxylation sites is 1. The summed E-state index contributed by atoms with van der Waals surface area (Å²) >= 11 is 1.28. The van der Waals surface area contributed by atoms with Crippen LogP contribution in [0, 0.1) is 21.4 Å². The van der Waals surface area contributed by atoms with E-state index in [0.29, 0.717) is 5.13 Å². The third-order valence-electron chi connectivity index (χ3n) is 2.96. The Morgan fingerprint density at radius 2 is 2.17 bits per heavy atom. The van der Waals surface area contributed by atoms with E-state index < -0.39 is 16.7 Å². The van der Waals surface area contributed by atoms with Crippen molar-refractivity contribution in [2.75, 3.05) is 5.32 Å². The third kappa shape index (κ3) is 3.13. The Balaban J connectivity index is 1.81. The molecule has 3 aromatic rings. The quantitative estimate of drug-likeness (QED) is 0.336. The van der Waals surface area contributed by atoms with Crippen LogP contribution in [0.4, 0.5) is 11.0 Å². The van der Waals surface area contributed by atoms with Gasteiger partial charge in [0.25, 0.3) is 5.91 Å². The van der Waals surface area contributed by atoms with E-state index in [4.69, 9.17) is 9.68 Å². The van der Waals surface area contributed by atoms with Crippen molar-refractivity contribution in [3.63, 3.8) is 0 Å². The molecule has 0 aliphatic heterocycles. The van der Waals surface area contributed by atoms with Gasteiger partial charge < -0.3 is 4.42 Å². The molecule has 0 radical (unpaired) electrons. The van der Waals surface area contributed by atoms with Gasteiger partial charge in [-0.2, -0.15) is 5.26 Å². The maximum absolute atomic E-state index is 12.2. The molecule has 118 valence electrons. The second kappa shape index (κ2) is 6.31. The van der Waals surface area contributed by atoms with Gasteiger partial charge in [-0.3, -0.25) is 20.2 Å². The number of benzene rings is 1. The van der Waals surface area contributed by atoms with E-state index >= 15 is 0 Å². The van der Waals surface area contributed by atoms with E-state index in [1.54, 1.807) is 6.07 Å². The number of furan rings is 1. The first-order valence-electron chi connectivity index (χ1n) is 6.60. The summed E-state index contributed by atoms with van der Waals surface area (Å²) in [5, 5.41) is 22.6. The Labute approximate surface area is 138 Å². The SMILES string of the molecule is N#C/C(=C\c1ccc([N+](=O)[O-])o1)C(=O)Nc1nc2ccccc2s1. The fourth-order valence-corrected chi connectivity index (χ4v) is 2.76. The number of nitriles is 1. The number of nitrogens with zero attached hydrogens (tertiary/aromatic N) is 3. The number of hydrogen-bond acceptors (Lipinski definition) is 7. The van der Waals surface area contributed by atoms with Crippen molar-refractivity contribution in [2.45, 2.75) is 0 Å². The van der Waals surface area contributed by atoms with Crippen LogP contribution < -0.4 is 5.32 Å². The van der Waals surface area contributed by atoms with Crippen LogP contribution in [-0.2, 0) is 4.79 Å². The Morgan fingerprint density at radius 1 is 1.38 bits per heavy atom. The molecule has 0 aliphatic rings. The molecule has 1 N–H and O–H groups in total. The lowest BCUT2D eigenvalue weighted by molar-refractivity contribution is -0.402. The fraction of sp³-hybridized carbons (Fsp3) is 0. The van der Waals surface area contributed by atoms with Gasteiger partial charge in [-0.1, -0.05) is 23.5 Å². The molecule has 0 unspecified atom stereocenters. The van der Waals surface area contributed by atoms with Crippen LogP contribution in [0.15, 0.2) is 46.4 Å². The largest absolute Gasteiger partial charge is 0.433 e. The zero-order valence-electron chi connectivity index (χ0n) is 11.9. The van der Waals surface area contributed by atoms with Crippen molar-refractivity contribution in [3.8, 4) is 6.07 Å². The molecule has 8 nitrogen and oxygen atoms in total. The summed E-state index contributed by atoms with van der Waals surface area (Å²) in [6.45, 7) is 0. The molecule has 0 saturated carbocycles. The molecule has 24 heavy (non-hydrogen) atoms. The highest BCUT2D eigenvalue weighted by Crippen LogP contribution is 2.26. The van der Waals surface area contributed by atoms with Gasteiger partial charge in [0.15, 0.2) is 5.13 Å². The lowest BCUT2D eigenvalue weighted by Crippen LogP contribution is -2.13. The normalized spacial score (nSPS) is 11.2. The average molecular weight is 340 g/mol. The molecule has 0 fully saturated rings. The molecule has 0 aliphatic carbocycles. The van der Waals surface area contributed by atoms with Crippen LogP contribution in [0.3, 0.4) is 0 Å². The first-order chi connectivity index (χ1) is 11.6. The number of fused-ring (bicyclic) bond motifs is 1. The predicted molar refractivity (Wildman–Crippen MR) is 87.2 cm³/mol. The van der Waals surface area contributed by atoms with Gasteiger partial charge >= 0.3 is 5.88 Å². The van der Waals surface area contributed by atoms with Crippen molar-refractivity contribution in [1.82, 2.24) is 4.98 Å². The van der Waals surface area contributed by atoms with Gasteiger partial charge in [-0.25, -0.2) is 4.98 Å². The first kappa shape index (κ1) is 15.4. The Morgan fingerprint density at radius 3 is 2.83 bits per heavy atom. The van der Waals surface area contributed by atoms with E-state index in [-0.39, 0.29) is 11.3 Å². The summed E-state index contributed by atoms with van der Waals surface area (Å²) in [5.41, 5.74) is 0.487. The number of rotatable bonds is 4. The van der Waals surface area contributed by atoms with Crippen LogP contribution in [0.25, 0.3) is 16.3 Å². The molecule has 0 saturated heterocycles. The maximum atomic E-state index is 12.2. The molecule has 1 amide bonds. The number of carbonyl (C=O) groups excluding carboxylic acids is 1. The molecule has 2 aromatic heterocycles. The van der Waals surface area contributed by atoms with Gasteiger partial charge in [0.1, 0.15) is 22.3 Å². The monoisotopic (exact) mass is 340 g/mol. The minimum absolute atomic E-state index is 0.0395. The van der Waals surface area contributed by atoms with Crippen molar-refractivity contribution in [2.24, 2.45) is 0 Å². The van der Waals surface area contributed by atoms with Crippen molar-refractivity contribution >= 4 is 44.6 Å². The zero-order chi connectivity index (χ0) is 17.1. The van der Waals surface area contributed by atoms with Crippen molar-refractivity contribution in [1.29, 1.82) is 5.26 Å². The number of nitrogens with one attached hydrogen (secondary N) is 1. The predicted octanol–water partition coefficient (Wildman–Crippen LogP) is 3.34. The molecular formula is C15H8N4O4S. The molecule has 0 spiro atoms. The van der Waals surface area contributed by atoms with E-state index in [1.165, 1.54) is 17.4 Å². The molecule has 0 atom stereocenters. The second-order valence-corrected chi connectivity index (χ2v) is 5.57. The lowest BCUT2D eigenvalue weighted by atomic mass is 10.2. The molecule has 3 rings (SSSR count). The summed E-state index contributed by atoms with van der Waals surface area (Å²) in [6.07, 6.45) is 1.13. The Bertz CT molecular complexity index is 979. The fourth-order valence-electron chi connectivity index (χ4n) is 1.90. The van der Waals surface area contributed by atoms with Crippen molar-refractivity contribution < 1.29 is 14.1 Å². The zero-order valence-corrected chi connectivity index (χ0v) is 12.7. The first-order valence-corrected chi connectivity index (χ1v) is 7.41. The van der Waals surface area contributed by atoms with Crippen molar-refractivity contribution in [3.05, 3.63) is 57.8 Å². The molecular weight excluding hydrogens is 332 g/mol. The van der Waals surface area contributed by atoms with Crippen LogP contribution in [0.1, 0.15) is 5.76 Å². The summed E-state index contributed by atoms with van der Waals surface area (Å²) in [5.74, 6) is -1.10. The van der Waals surface area contributed by atoms with Gasteiger partial charge in [0, 0.05) is 6.08 Å². The number of hydrogen-bond donors (Lipinski definition) is 1. The highest BCUT2D eigenvalue weighted by Gasteiger charge is 2.15. The number of anilines is 1. The standard InChI is InChI=1S/C15H8N4O4S/c16-8-9(7-10-5-6-13(23-10)19(21)22)14(20)18-15-17-11-3-1-2-4-12(11)24-15/h1-7H,(H,17,18,20)/b9-7+. The van der Waals surface area contributed by atoms with Crippen LogP contribution in [0.5, 0.6) is 0 Å². The number of nitro groups is 1. The minimum Gasteiger partial charge on any atom is -0.401 e. The molecule has 2 heterocycles. The van der Waals surface area contributed by atoms with Gasteiger partial charge in [-0.15, -0.1) is 0 Å². The van der Waals surface area contributed by atoms with E-state index in [1.807, 2.05) is 24.3 Å². The summed E-state index contributed by atoms with van der Waals surface area (Å²) in [6, 6.07) is 11.6. The minimum atomic E-state index is -0.704. The molecule has 9 heteroatoms. The Kier molecular flexibility index (Phi) is 4.05. The van der Waals surface area contributed by atoms with Gasteiger partial charge in [0.2, 0.25) is 0 Å². The van der Waals surface area contributed by atoms with Gasteiger partial charge in [0.05, 0.1) is 16.3 Å². The van der Waals surface area contributed by atoms with Crippen LogP contribution >= 0.6 is 11.3 Å². The highest BCUT2D eigenvalue weighted by atomic mass is 32.1. The number of carbonyl (C=O) groups is 1. The number of thiazole rings is 1. The van der Waals surface area contributed by atoms with E-state index in [2.05, 4.69) is 10.3 Å².